The second kappa shape index (κ2) is 10.7. The van der Waals surface area contributed by atoms with Crippen LogP contribution in [0.15, 0.2) is 42.5 Å². The van der Waals surface area contributed by atoms with Gasteiger partial charge in [-0.25, -0.2) is 0 Å². The van der Waals surface area contributed by atoms with Gasteiger partial charge < -0.3 is 10.2 Å². The molecule has 28 heavy (non-hydrogen) atoms. The number of carbonyl (C=O) groups is 2. The number of nitrogens with one attached hydrogen (secondary N) is 1. The monoisotopic (exact) mass is 438 g/mol. The maximum absolute atomic E-state index is 12.9. The van der Waals surface area contributed by atoms with Crippen LogP contribution in [-0.4, -0.2) is 35.6 Å². The number of likely N-dealkylation sites (N-methyl/N-ethyl adjacent to an activating group) is 1. The number of hydrogen-bond acceptors (Lipinski definition) is 3. The molecule has 2 aromatic rings. The first-order valence-electron chi connectivity index (χ1n) is 8.90. The zero-order valence-corrected chi connectivity index (χ0v) is 18.5. The van der Waals surface area contributed by atoms with Crippen molar-refractivity contribution in [1.29, 1.82) is 0 Å². The maximum atomic E-state index is 12.9. The molecule has 0 heterocycles. The van der Waals surface area contributed by atoms with E-state index in [1.54, 1.807) is 32.2 Å². The summed E-state index contributed by atoms with van der Waals surface area (Å²) in [6.07, 6.45) is 0. The van der Waals surface area contributed by atoms with Gasteiger partial charge in [0, 0.05) is 35.0 Å². The molecule has 0 spiro atoms. The number of amides is 2. The Hall–Kier alpha value is -1.69. The van der Waals surface area contributed by atoms with Crippen LogP contribution in [0.1, 0.15) is 23.6 Å². The van der Waals surface area contributed by atoms with E-state index in [9.17, 15) is 9.59 Å². The Labute approximate surface area is 180 Å². The van der Waals surface area contributed by atoms with Crippen molar-refractivity contribution >= 4 is 46.8 Å². The number of nitrogens with zero attached hydrogens (tertiary/aromatic N) is 1. The van der Waals surface area contributed by atoms with E-state index in [2.05, 4.69) is 11.4 Å². The number of hydrogen-bond donors (Lipinski definition) is 1. The molecular weight excluding hydrogens is 415 g/mol. The molecule has 2 aromatic carbocycles. The first-order chi connectivity index (χ1) is 13.3. The highest BCUT2D eigenvalue weighted by Gasteiger charge is 2.26. The summed E-state index contributed by atoms with van der Waals surface area (Å²) in [5.74, 6) is 0.616. The van der Waals surface area contributed by atoms with E-state index in [1.165, 1.54) is 22.2 Å². The van der Waals surface area contributed by atoms with Crippen molar-refractivity contribution in [3.63, 3.8) is 0 Å². The van der Waals surface area contributed by atoms with Crippen molar-refractivity contribution in [2.24, 2.45) is 0 Å². The fourth-order valence-corrected chi connectivity index (χ4v) is 4.16. The molecular formula is C21H24Cl2N2O2S. The van der Waals surface area contributed by atoms with Crippen LogP contribution in [0.2, 0.25) is 10.0 Å². The Bertz CT molecular complexity index is 825. The highest BCUT2D eigenvalue weighted by molar-refractivity contribution is 7.99. The first kappa shape index (κ1) is 22.6. The molecule has 0 bridgehead atoms. The molecule has 150 valence electrons. The molecule has 0 aromatic heterocycles. The summed E-state index contributed by atoms with van der Waals surface area (Å²) in [7, 11) is 1.55. The van der Waals surface area contributed by atoms with Gasteiger partial charge in [0.05, 0.1) is 5.75 Å². The lowest BCUT2D eigenvalue weighted by atomic mass is 10.1. The quantitative estimate of drug-likeness (QED) is 0.649. The molecule has 0 unspecified atom stereocenters. The Balaban J connectivity index is 2.11. The summed E-state index contributed by atoms with van der Waals surface area (Å²) in [5.41, 5.74) is 2.99. The second-order valence-corrected chi connectivity index (χ2v) is 8.29. The molecule has 0 aliphatic rings. The lowest BCUT2D eigenvalue weighted by molar-refractivity contribution is -0.138. The Morgan fingerprint density at radius 3 is 2.39 bits per heavy atom. The van der Waals surface area contributed by atoms with Crippen LogP contribution in [0.25, 0.3) is 0 Å². The predicted molar refractivity (Wildman–Crippen MR) is 118 cm³/mol. The molecule has 0 aliphatic heterocycles. The van der Waals surface area contributed by atoms with E-state index in [0.717, 1.165) is 11.3 Å². The third kappa shape index (κ3) is 6.16. The van der Waals surface area contributed by atoms with Gasteiger partial charge in [-0.3, -0.25) is 9.59 Å². The average molecular weight is 439 g/mol. The van der Waals surface area contributed by atoms with Gasteiger partial charge in [0.2, 0.25) is 11.8 Å². The minimum atomic E-state index is -0.635. The Morgan fingerprint density at radius 2 is 1.79 bits per heavy atom. The number of rotatable bonds is 8. The van der Waals surface area contributed by atoms with Crippen LogP contribution in [0.3, 0.4) is 0 Å². The second-order valence-electron chi connectivity index (χ2n) is 6.49. The number of benzene rings is 2. The molecule has 2 amide bonds. The van der Waals surface area contributed by atoms with Gasteiger partial charge in [-0.05, 0) is 31.5 Å². The van der Waals surface area contributed by atoms with Crippen LogP contribution in [0.5, 0.6) is 0 Å². The van der Waals surface area contributed by atoms with E-state index < -0.39 is 6.04 Å². The van der Waals surface area contributed by atoms with Gasteiger partial charge in [-0.2, -0.15) is 0 Å². The number of aryl methyl sites for hydroxylation is 1. The predicted octanol–water partition coefficient (Wildman–Crippen LogP) is 4.70. The van der Waals surface area contributed by atoms with Crippen LogP contribution < -0.4 is 5.32 Å². The summed E-state index contributed by atoms with van der Waals surface area (Å²) in [6, 6.07) is 12.8. The summed E-state index contributed by atoms with van der Waals surface area (Å²) < 4.78 is 0. The van der Waals surface area contributed by atoms with Gasteiger partial charge in [-0.1, -0.05) is 59.1 Å². The highest BCUT2D eigenvalue weighted by atomic mass is 35.5. The van der Waals surface area contributed by atoms with E-state index in [0.29, 0.717) is 15.6 Å². The fraction of sp³-hybridized carbons (Fsp3) is 0.333. The van der Waals surface area contributed by atoms with Crippen molar-refractivity contribution < 1.29 is 9.59 Å². The normalized spacial score (nSPS) is 11.8. The van der Waals surface area contributed by atoms with Crippen LogP contribution >= 0.6 is 35.0 Å². The Morgan fingerprint density at radius 1 is 1.14 bits per heavy atom. The zero-order chi connectivity index (χ0) is 20.7. The molecule has 0 saturated carbocycles. The summed E-state index contributed by atoms with van der Waals surface area (Å²) in [5, 5.41) is 3.55. The molecule has 0 fully saturated rings. The van der Waals surface area contributed by atoms with E-state index in [-0.39, 0.29) is 24.1 Å². The Kier molecular flexibility index (Phi) is 8.67. The molecule has 1 atom stereocenters. The zero-order valence-electron chi connectivity index (χ0n) is 16.2. The molecule has 0 radical (unpaired) electrons. The number of carbonyl (C=O) groups excluding carboxylic acids is 2. The van der Waals surface area contributed by atoms with Crippen LogP contribution in [-0.2, 0) is 21.9 Å². The van der Waals surface area contributed by atoms with Crippen molar-refractivity contribution in [1.82, 2.24) is 10.2 Å². The molecule has 1 N–H and O–H groups in total. The van der Waals surface area contributed by atoms with Crippen molar-refractivity contribution in [2.75, 3.05) is 12.8 Å². The van der Waals surface area contributed by atoms with E-state index in [4.69, 9.17) is 23.2 Å². The lowest BCUT2D eigenvalue weighted by Gasteiger charge is -2.29. The summed E-state index contributed by atoms with van der Waals surface area (Å²) in [4.78, 5) is 26.6. The van der Waals surface area contributed by atoms with E-state index >= 15 is 0 Å². The van der Waals surface area contributed by atoms with E-state index in [1.807, 2.05) is 25.1 Å². The third-order valence-electron chi connectivity index (χ3n) is 4.38. The maximum Gasteiger partial charge on any atom is 0.242 e. The topological polar surface area (TPSA) is 49.4 Å². The van der Waals surface area contributed by atoms with Gasteiger partial charge in [-0.15, -0.1) is 11.8 Å². The standard InChI is InChI=1S/C21H24Cl2N2O2S/c1-14-6-4-7-16(10-14)12-28-13-20(26)25(15(2)21(27)24-3)11-17-18(22)8-5-9-19(17)23/h4-10,15H,11-13H2,1-3H3,(H,24,27)/t15-/m0/s1. The number of thioether (sulfide) groups is 1. The van der Waals surface area contributed by atoms with Crippen LogP contribution in [0, 0.1) is 6.92 Å². The molecule has 7 heteroatoms. The van der Waals surface area contributed by atoms with Gasteiger partial charge in [0.15, 0.2) is 0 Å². The number of halogens is 2. The molecule has 4 nitrogen and oxygen atoms in total. The lowest BCUT2D eigenvalue weighted by Crippen LogP contribution is -2.47. The van der Waals surface area contributed by atoms with Crippen molar-refractivity contribution in [3.8, 4) is 0 Å². The first-order valence-corrected chi connectivity index (χ1v) is 10.8. The van der Waals surface area contributed by atoms with Gasteiger partial charge in [0.25, 0.3) is 0 Å². The minimum absolute atomic E-state index is 0.135. The van der Waals surface area contributed by atoms with Crippen LogP contribution in [0.4, 0.5) is 0 Å². The average Bonchev–Trinajstić information content (AvgIpc) is 2.66. The third-order valence-corrected chi connectivity index (χ3v) is 6.08. The SMILES string of the molecule is CNC(=O)[C@H](C)N(Cc1c(Cl)cccc1Cl)C(=O)CSCc1cccc(C)c1. The van der Waals surface area contributed by atoms with Gasteiger partial charge >= 0.3 is 0 Å². The highest BCUT2D eigenvalue weighted by Crippen LogP contribution is 2.27. The summed E-state index contributed by atoms with van der Waals surface area (Å²) in [6.45, 7) is 3.92. The van der Waals surface area contributed by atoms with Gasteiger partial charge in [0.1, 0.15) is 6.04 Å². The molecule has 2 rings (SSSR count). The molecule has 0 saturated heterocycles. The van der Waals surface area contributed by atoms with Crippen molar-refractivity contribution in [2.45, 2.75) is 32.2 Å². The minimum Gasteiger partial charge on any atom is -0.357 e. The summed E-state index contributed by atoms with van der Waals surface area (Å²) >= 11 is 14.1. The molecule has 0 aliphatic carbocycles. The smallest absolute Gasteiger partial charge is 0.242 e. The van der Waals surface area contributed by atoms with Crippen molar-refractivity contribution in [3.05, 3.63) is 69.2 Å². The fourth-order valence-electron chi connectivity index (χ4n) is 2.79. The largest absolute Gasteiger partial charge is 0.357 e.